The van der Waals surface area contributed by atoms with Gasteiger partial charge in [-0.1, -0.05) is 30.3 Å². The minimum Gasteiger partial charge on any atom is -0.373 e. The molecule has 1 aromatic heterocycles. The Kier molecular flexibility index (Phi) is 7.62. The first-order valence-corrected chi connectivity index (χ1v) is 12.5. The van der Waals surface area contributed by atoms with E-state index >= 15 is 0 Å². The van der Waals surface area contributed by atoms with Crippen molar-refractivity contribution in [3.8, 4) is 0 Å². The molecule has 2 N–H and O–H groups in total. The summed E-state index contributed by atoms with van der Waals surface area (Å²) in [4.78, 5) is 12.5. The highest BCUT2D eigenvalue weighted by Crippen LogP contribution is 2.21. The number of nitrogens with one attached hydrogen (secondary N) is 2. The van der Waals surface area contributed by atoms with Crippen LogP contribution < -0.4 is 10.0 Å². The number of carbonyl (C=O) groups excluding carboxylic acids is 1. The number of nitrogens with zero attached hydrogens (tertiary/aromatic N) is 3. The number of rotatable bonds is 8. The molecule has 13 heteroatoms. The number of hydrogen-bond acceptors (Lipinski definition) is 5. The van der Waals surface area contributed by atoms with Crippen molar-refractivity contribution >= 4 is 27.6 Å². The first kappa shape index (κ1) is 25.7. The Hall–Kier alpha value is -3.42. The van der Waals surface area contributed by atoms with Crippen molar-refractivity contribution in [3.63, 3.8) is 0 Å². The minimum atomic E-state index is -3.95. The molecule has 36 heavy (non-hydrogen) atoms. The summed E-state index contributed by atoms with van der Waals surface area (Å²) in [5, 5.41) is 6.21. The highest BCUT2D eigenvalue weighted by molar-refractivity contribution is 7.90. The first-order chi connectivity index (χ1) is 17.1. The van der Waals surface area contributed by atoms with Crippen LogP contribution >= 0.6 is 0 Å². The fraction of sp³-hybridized carbons (Fsp3) is 0.304. The molecule has 1 aliphatic rings. The summed E-state index contributed by atoms with van der Waals surface area (Å²) in [6.45, 7) is 0.944. The van der Waals surface area contributed by atoms with Crippen LogP contribution in [0.15, 0.2) is 48.5 Å². The van der Waals surface area contributed by atoms with Gasteiger partial charge in [0.2, 0.25) is 0 Å². The predicted molar refractivity (Wildman–Crippen MR) is 126 cm³/mol. The van der Waals surface area contributed by atoms with Gasteiger partial charge in [0.25, 0.3) is 5.91 Å². The molecule has 0 radical (unpaired) electrons. The number of piperidine rings is 1. The Morgan fingerprint density at radius 1 is 1.08 bits per heavy atom. The molecule has 2 aromatic carbocycles. The van der Waals surface area contributed by atoms with Crippen LogP contribution in [0.25, 0.3) is 0 Å². The molecule has 0 saturated carbocycles. The van der Waals surface area contributed by atoms with Crippen LogP contribution in [0.2, 0.25) is 0 Å². The van der Waals surface area contributed by atoms with Crippen molar-refractivity contribution in [1.29, 1.82) is 0 Å². The van der Waals surface area contributed by atoms with Crippen molar-refractivity contribution in [1.82, 2.24) is 14.1 Å². The summed E-state index contributed by atoms with van der Waals surface area (Å²) >= 11 is 0. The summed E-state index contributed by atoms with van der Waals surface area (Å²) in [5.41, 5.74) is 0.641. The lowest BCUT2D eigenvalue weighted by atomic mass is 10.1. The van der Waals surface area contributed by atoms with Crippen LogP contribution in [-0.4, -0.2) is 47.6 Å². The van der Waals surface area contributed by atoms with Gasteiger partial charge < -0.3 is 10.1 Å². The molecule has 4 rings (SSSR count). The largest absolute Gasteiger partial charge is 0.373 e. The van der Waals surface area contributed by atoms with Gasteiger partial charge in [-0.2, -0.15) is 17.8 Å². The molecule has 0 spiro atoms. The molecule has 0 unspecified atom stereocenters. The second kappa shape index (κ2) is 10.7. The Labute approximate surface area is 206 Å². The van der Waals surface area contributed by atoms with Gasteiger partial charge in [0.05, 0.1) is 12.7 Å². The fourth-order valence-corrected chi connectivity index (χ4v) is 4.96. The van der Waals surface area contributed by atoms with Crippen molar-refractivity contribution in [2.75, 3.05) is 23.1 Å². The van der Waals surface area contributed by atoms with Gasteiger partial charge in [0, 0.05) is 44.0 Å². The van der Waals surface area contributed by atoms with E-state index in [2.05, 4.69) is 15.1 Å². The highest BCUT2D eigenvalue weighted by atomic mass is 32.2. The monoisotopic (exact) mass is 523 g/mol. The molecular formula is C23H24F3N5O4S. The topological polar surface area (TPSA) is 106 Å². The zero-order valence-electron chi connectivity index (χ0n) is 19.2. The van der Waals surface area contributed by atoms with Gasteiger partial charge >= 0.3 is 10.2 Å². The lowest BCUT2D eigenvalue weighted by Crippen LogP contribution is -2.43. The molecule has 0 aliphatic carbocycles. The summed E-state index contributed by atoms with van der Waals surface area (Å²) in [6.07, 6.45) is 0.978. The molecule has 2 heterocycles. The average molecular weight is 524 g/mol. The Balaban J connectivity index is 1.34. The Bertz CT molecular complexity index is 1320. The predicted octanol–water partition coefficient (Wildman–Crippen LogP) is 3.43. The number of ether oxygens (including phenoxy) is 1. The van der Waals surface area contributed by atoms with Crippen LogP contribution in [0.5, 0.6) is 0 Å². The molecule has 9 nitrogen and oxygen atoms in total. The van der Waals surface area contributed by atoms with E-state index in [1.807, 2.05) is 30.3 Å². The normalized spacial score (nSPS) is 15.1. The SMILES string of the molecule is Cn1nc(NS(=O)(=O)N2CCC(OCc3ccccc3)CC2)cc1C(=O)Nc1cc(F)c(F)c(F)c1. The number of hydrogen-bond donors (Lipinski definition) is 2. The van der Waals surface area contributed by atoms with Crippen molar-refractivity contribution in [2.24, 2.45) is 7.05 Å². The molecule has 1 aliphatic heterocycles. The Morgan fingerprint density at radius 3 is 2.36 bits per heavy atom. The van der Waals surface area contributed by atoms with Gasteiger partial charge in [-0.15, -0.1) is 0 Å². The quantitative estimate of drug-likeness (QED) is 0.440. The third-order valence-electron chi connectivity index (χ3n) is 5.66. The number of amides is 1. The lowest BCUT2D eigenvalue weighted by molar-refractivity contribution is 0.0103. The zero-order chi connectivity index (χ0) is 25.9. The fourth-order valence-electron chi connectivity index (χ4n) is 3.78. The summed E-state index contributed by atoms with van der Waals surface area (Å²) in [7, 11) is -2.55. The van der Waals surface area contributed by atoms with Crippen molar-refractivity contribution in [2.45, 2.75) is 25.6 Å². The zero-order valence-corrected chi connectivity index (χ0v) is 20.1. The highest BCUT2D eigenvalue weighted by Gasteiger charge is 2.29. The third kappa shape index (κ3) is 6.04. The van der Waals surface area contributed by atoms with E-state index in [0.717, 1.165) is 10.2 Å². The number of benzene rings is 2. The van der Waals surface area contributed by atoms with E-state index in [4.69, 9.17) is 4.74 Å². The molecule has 192 valence electrons. The van der Waals surface area contributed by atoms with Crippen LogP contribution in [0.3, 0.4) is 0 Å². The van der Waals surface area contributed by atoms with E-state index in [-0.39, 0.29) is 36.4 Å². The molecule has 0 bridgehead atoms. The van der Waals surface area contributed by atoms with Crippen LogP contribution in [0, 0.1) is 17.5 Å². The van der Waals surface area contributed by atoms with E-state index in [9.17, 15) is 26.4 Å². The van der Waals surface area contributed by atoms with Gasteiger partial charge in [-0.25, -0.2) is 13.2 Å². The van der Waals surface area contributed by atoms with E-state index in [0.29, 0.717) is 31.6 Å². The number of aromatic nitrogens is 2. The minimum absolute atomic E-state index is 0.0667. The number of carbonyl (C=O) groups is 1. The van der Waals surface area contributed by atoms with E-state index in [1.54, 1.807) is 0 Å². The average Bonchev–Trinajstić information content (AvgIpc) is 3.21. The third-order valence-corrected chi connectivity index (χ3v) is 7.17. The molecular weight excluding hydrogens is 499 g/mol. The summed E-state index contributed by atoms with van der Waals surface area (Å²) < 4.78 is 76.2. The number of halogens is 3. The lowest BCUT2D eigenvalue weighted by Gasteiger charge is -2.31. The maximum Gasteiger partial charge on any atom is 0.302 e. The Morgan fingerprint density at radius 2 is 1.72 bits per heavy atom. The van der Waals surface area contributed by atoms with Gasteiger partial charge in [-0.05, 0) is 18.4 Å². The maximum atomic E-state index is 13.4. The van der Waals surface area contributed by atoms with Crippen LogP contribution in [-0.2, 0) is 28.6 Å². The van der Waals surface area contributed by atoms with E-state index in [1.165, 1.54) is 17.4 Å². The first-order valence-electron chi connectivity index (χ1n) is 11.1. The van der Waals surface area contributed by atoms with Crippen molar-refractivity contribution < 1.29 is 31.1 Å². The molecule has 1 amide bonds. The maximum absolute atomic E-state index is 13.4. The molecule has 3 aromatic rings. The summed E-state index contributed by atoms with van der Waals surface area (Å²) in [6, 6.07) is 12.1. The van der Waals surface area contributed by atoms with Gasteiger partial charge in [0.15, 0.2) is 23.3 Å². The van der Waals surface area contributed by atoms with Gasteiger partial charge in [-0.3, -0.25) is 14.2 Å². The van der Waals surface area contributed by atoms with Crippen LogP contribution in [0.1, 0.15) is 28.9 Å². The molecule has 1 fully saturated rings. The smallest absolute Gasteiger partial charge is 0.302 e. The number of aryl methyl sites for hydroxylation is 1. The second-order valence-electron chi connectivity index (χ2n) is 8.25. The standard InChI is InChI=1S/C23H24F3N5O4S/c1-30-20(23(32)27-16-11-18(24)22(26)19(25)12-16)13-21(28-30)29-36(33,34)31-9-7-17(8-10-31)35-14-15-5-3-2-4-6-15/h2-6,11-13,17H,7-10,14H2,1H3,(H,27,32)(H,28,29). The van der Waals surface area contributed by atoms with Crippen molar-refractivity contribution in [3.05, 3.63) is 77.2 Å². The summed E-state index contributed by atoms with van der Waals surface area (Å²) in [5.74, 6) is -5.51. The second-order valence-corrected chi connectivity index (χ2v) is 9.92. The molecule has 1 saturated heterocycles. The molecule has 0 atom stereocenters. The van der Waals surface area contributed by atoms with Gasteiger partial charge in [0.1, 0.15) is 5.69 Å². The van der Waals surface area contributed by atoms with E-state index < -0.39 is 33.6 Å². The van der Waals surface area contributed by atoms with Crippen LogP contribution in [0.4, 0.5) is 24.7 Å². The number of anilines is 2.